The van der Waals surface area contributed by atoms with E-state index >= 15 is 0 Å². The molecule has 0 radical (unpaired) electrons. The molecular formula is C6H8F6. The first-order chi connectivity index (χ1) is 5.21. The lowest BCUT2D eigenvalue weighted by molar-refractivity contribution is -0.179. The Morgan fingerprint density at radius 2 is 1.50 bits per heavy atom. The van der Waals surface area contributed by atoms with Crippen LogP contribution in [0.4, 0.5) is 26.3 Å². The minimum absolute atomic E-state index is 0.866. The summed E-state index contributed by atoms with van der Waals surface area (Å²) in [5.74, 6) is -8.32. The van der Waals surface area contributed by atoms with Gasteiger partial charge in [-0.1, -0.05) is 6.92 Å². The number of rotatable bonds is 4. The number of hydrogen-bond acceptors (Lipinski definition) is 0. The van der Waals surface area contributed by atoms with Gasteiger partial charge in [0.2, 0.25) is 0 Å². The van der Waals surface area contributed by atoms with Crippen LogP contribution in [0.3, 0.4) is 0 Å². The molecular weight excluding hydrogens is 186 g/mol. The zero-order valence-electron chi connectivity index (χ0n) is 6.26. The third-order valence-corrected chi connectivity index (χ3v) is 1.33. The Labute approximate surface area is 65.6 Å². The van der Waals surface area contributed by atoms with Crippen molar-refractivity contribution < 1.29 is 26.3 Å². The van der Waals surface area contributed by atoms with Crippen molar-refractivity contribution in [3.05, 3.63) is 0 Å². The van der Waals surface area contributed by atoms with Crippen LogP contribution in [0.5, 0.6) is 0 Å². The minimum atomic E-state index is -4.60. The summed E-state index contributed by atoms with van der Waals surface area (Å²) < 4.78 is 71.2. The molecule has 12 heavy (non-hydrogen) atoms. The van der Waals surface area contributed by atoms with Crippen molar-refractivity contribution in [1.82, 2.24) is 0 Å². The maximum atomic E-state index is 12.2. The standard InChI is InChI=1S/C6H8F6/c1-2-5(9,10)3-6(11,12)4(7)8/h4H,2-3H2,1H3. The number of hydrogen-bond donors (Lipinski definition) is 0. The first-order valence-corrected chi connectivity index (χ1v) is 3.25. The lowest BCUT2D eigenvalue weighted by Gasteiger charge is -2.21. The van der Waals surface area contributed by atoms with Crippen LogP contribution in [0.25, 0.3) is 0 Å². The van der Waals surface area contributed by atoms with Gasteiger partial charge in [-0.25, -0.2) is 26.3 Å². The van der Waals surface area contributed by atoms with Gasteiger partial charge in [0.1, 0.15) is 0 Å². The Kier molecular flexibility index (Phi) is 3.41. The van der Waals surface area contributed by atoms with Crippen LogP contribution in [0.1, 0.15) is 19.8 Å². The van der Waals surface area contributed by atoms with E-state index in [1.807, 2.05) is 0 Å². The van der Waals surface area contributed by atoms with Gasteiger partial charge < -0.3 is 0 Å². The predicted octanol–water partition coefficient (Wildman–Crippen LogP) is 3.32. The van der Waals surface area contributed by atoms with Crippen molar-refractivity contribution in [3.63, 3.8) is 0 Å². The summed E-state index contributed by atoms with van der Waals surface area (Å²) in [6.07, 6.45) is -6.99. The quantitative estimate of drug-likeness (QED) is 0.602. The summed E-state index contributed by atoms with van der Waals surface area (Å²) in [4.78, 5) is 0. The third kappa shape index (κ3) is 3.32. The van der Waals surface area contributed by atoms with E-state index < -0.39 is 31.1 Å². The Morgan fingerprint density at radius 3 is 1.75 bits per heavy atom. The lowest BCUT2D eigenvalue weighted by atomic mass is 10.1. The molecule has 0 heterocycles. The molecule has 0 saturated carbocycles. The first-order valence-electron chi connectivity index (χ1n) is 3.25. The zero-order chi connectivity index (χ0) is 9.99. The molecule has 74 valence electrons. The smallest absolute Gasteiger partial charge is 0.207 e. The van der Waals surface area contributed by atoms with Gasteiger partial charge >= 0.3 is 12.3 Å². The average molecular weight is 194 g/mol. The number of alkyl halides is 6. The summed E-state index contributed by atoms with van der Waals surface area (Å²) >= 11 is 0. The fraction of sp³-hybridized carbons (Fsp3) is 1.00. The van der Waals surface area contributed by atoms with Gasteiger partial charge in [-0.3, -0.25) is 0 Å². The molecule has 0 aromatic rings. The second-order valence-electron chi connectivity index (χ2n) is 2.45. The Morgan fingerprint density at radius 1 is 1.08 bits per heavy atom. The fourth-order valence-corrected chi connectivity index (χ4v) is 0.547. The highest BCUT2D eigenvalue weighted by Crippen LogP contribution is 2.36. The van der Waals surface area contributed by atoms with E-state index in [-0.39, 0.29) is 0 Å². The summed E-state index contributed by atoms with van der Waals surface area (Å²) in [6, 6.07) is 0. The monoisotopic (exact) mass is 194 g/mol. The van der Waals surface area contributed by atoms with Crippen molar-refractivity contribution in [2.75, 3.05) is 0 Å². The molecule has 0 saturated heterocycles. The van der Waals surface area contributed by atoms with Crippen molar-refractivity contribution in [1.29, 1.82) is 0 Å². The van der Waals surface area contributed by atoms with Crippen molar-refractivity contribution in [3.8, 4) is 0 Å². The van der Waals surface area contributed by atoms with Crippen LogP contribution in [0.2, 0.25) is 0 Å². The van der Waals surface area contributed by atoms with Crippen molar-refractivity contribution in [2.24, 2.45) is 0 Å². The topological polar surface area (TPSA) is 0 Å². The minimum Gasteiger partial charge on any atom is -0.207 e. The van der Waals surface area contributed by atoms with Crippen LogP contribution in [-0.2, 0) is 0 Å². The average Bonchev–Trinajstić information content (AvgIpc) is 1.85. The largest absolute Gasteiger partial charge is 0.313 e. The molecule has 0 N–H and O–H groups in total. The van der Waals surface area contributed by atoms with Crippen LogP contribution >= 0.6 is 0 Å². The second kappa shape index (κ2) is 3.53. The molecule has 0 bridgehead atoms. The van der Waals surface area contributed by atoms with Gasteiger partial charge in [-0.2, -0.15) is 0 Å². The lowest BCUT2D eigenvalue weighted by Crippen LogP contribution is -2.34. The van der Waals surface area contributed by atoms with Gasteiger partial charge in [0, 0.05) is 6.42 Å². The van der Waals surface area contributed by atoms with Gasteiger partial charge in [-0.15, -0.1) is 0 Å². The molecule has 0 rings (SSSR count). The van der Waals surface area contributed by atoms with Gasteiger partial charge in [0.05, 0.1) is 6.42 Å². The summed E-state index contributed by atoms with van der Waals surface area (Å²) in [5, 5.41) is 0. The van der Waals surface area contributed by atoms with E-state index in [9.17, 15) is 26.3 Å². The van der Waals surface area contributed by atoms with E-state index in [1.165, 1.54) is 0 Å². The van der Waals surface area contributed by atoms with E-state index in [2.05, 4.69) is 0 Å². The molecule has 0 unspecified atom stereocenters. The van der Waals surface area contributed by atoms with Gasteiger partial charge in [-0.05, 0) is 0 Å². The fourth-order valence-electron chi connectivity index (χ4n) is 0.547. The Bertz CT molecular complexity index is 141. The Hall–Kier alpha value is -0.420. The molecule has 0 aromatic carbocycles. The van der Waals surface area contributed by atoms with E-state index in [0.29, 0.717) is 0 Å². The van der Waals surface area contributed by atoms with Crippen LogP contribution in [-0.4, -0.2) is 18.3 Å². The molecule has 0 nitrogen and oxygen atoms in total. The highest BCUT2D eigenvalue weighted by Gasteiger charge is 2.48. The molecule has 6 heteroatoms. The van der Waals surface area contributed by atoms with E-state index in [1.54, 1.807) is 0 Å². The van der Waals surface area contributed by atoms with Crippen molar-refractivity contribution in [2.45, 2.75) is 38.0 Å². The van der Waals surface area contributed by atoms with Crippen LogP contribution in [0.15, 0.2) is 0 Å². The normalized spacial score (nSPS) is 14.0. The molecule has 0 aliphatic carbocycles. The van der Waals surface area contributed by atoms with Gasteiger partial charge in [0.15, 0.2) is 0 Å². The SMILES string of the molecule is CCC(F)(F)CC(F)(F)C(F)F. The van der Waals surface area contributed by atoms with E-state index in [0.717, 1.165) is 6.92 Å². The zero-order valence-corrected chi connectivity index (χ0v) is 6.26. The predicted molar refractivity (Wildman–Crippen MR) is 30.8 cm³/mol. The molecule has 0 aliphatic heterocycles. The summed E-state index contributed by atoms with van der Waals surface area (Å²) in [5.41, 5.74) is 0. The second-order valence-corrected chi connectivity index (χ2v) is 2.45. The molecule has 0 fully saturated rings. The third-order valence-electron chi connectivity index (χ3n) is 1.33. The van der Waals surface area contributed by atoms with Crippen LogP contribution < -0.4 is 0 Å². The van der Waals surface area contributed by atoms with E-state index in [4.69, 9.17) is 0 Å². The maximum absolute atomic E-state index is 12.2. The highest BCUT2D eigenvalue weighted by molar-refractivity contribution is 4.78. The molecule has 0 aliphatic rings. The molecule has 0 aromatic heterocycles. The highest BCUT2D eigenvalue weighted by atomic mass is 19.3. The summed E-state index contributed by atoms with van der Waals surface area (Å²) in [6.45, 7) is 0.960. The summed E-state index contributed by atoms with van der Waals surface area (Å²) in [7, 11) is 0. The van der Waals surface area contributed by atoms with Crippen LogP contribution in [0, 0.1) is 0 Å². The molecule has 0 spiro atoms. The number of halogens is 6. The molecule has 0 amide bonds. The first kappa shape index (κ1) is 11.6. The van der Waals surface area contributed by atoms with Gasteiger partial charge in [0.25, 0.3) is 5.92 Å². The Balaban J connectivity index is 4.23. The van der Waals surface area contributed by atoms with Crippen molar-refractivity contribution >= 4 is 0 Å². The molecule has 0 atom stereocenters. The maximum Gasteiger partial charge on any atom is 0.313 e.